The van der Waals surface area contributed by atoms with Crippen LogP contribution in [0.2, 0.25) is 0 Å². The van der Waals surface area contributed by atoms with E-state index in [0.717, 1.165) is 6.42 Å². The third-order valence-electron chi connectivity index (χ3n) is 4.62. The quantitative estimate of drug-likeness (QED) is 0.318. The molecular formula is C21H36O. The summed E-state index contributed by atoms with van der Waals surface area (Å²) in [5, 5.41) is 0. The molecule has 0 aliphatic heterocycles. The summed E-state index contributed by atoms with van der Waals surface area (Å²) in [6.45, 7) is 2.28. The largest absolute Gasteiger partial charge is 0.295 e. The second-order valence-electron chi connectivity index (χ2n) is 6.82. The summed E-state index contributed by atoms with van der Waals surface area (Å²) in [5.41, 5.74) is 1.33. The standard InChI is InChI=1S/C21H36O/c1-2-3-4-5-6-7-8-9-10-11-12-13-14-16-20-17-15-18-21(22)19-20/h15,17-18H,2-14,16,19H2,1H3. The van der Waals surface area contributed by atoms with E-state index in [4.69, 9.17) is 0 Å². The number of hydrogen-bond donors (Lipinski definition) is 0. The Kier molecular flexibility index (Phi) is 12.0. The van der Waals surface area contributed by atoms with Crippen LogP contribution in [-0.4, -0.2) is 5.78 Å². The molecule has 0 aromatic rings. The van der Waals surface area contributed by atoms with E-state index < -0.39 is 0 Å². The van der Waals surface area contributed by atoms with Crippen molar-refractivity contribution in [3.63, 3.8) is 0 Å². The maximum Gasteiger partial charge on any atom is 0.159 e. The van der Waals surface area contributed by atoms with Crippen LogP contribution in [0.5, 0.6) is 0 Å². The summed E-state index contributed by atoms with van der Waals surface area (Å²) >= 11 is 0. The second kappa shape index (κ2) is 13.8. The van der Waals surface area contributed by atoms with Gasteiger partial charge >= 0.3 is 0 Å². The van der Waals surface area contributed by atoms with E-state index in [1.807, 2.05) is 6.08 Å². The predicted molar refractivity (Wildman–Crippen MR) is 97.2 cm³/mol. The molecule has 0 saturated heterocycles. The zero-order chi connectivity index (χ0) is 15.9. The third kappa shape index (κ3) is 10.8. The highest BCUT2D eigenvalue weighted by Gasteiger charge is 2.06. The number of rotatable bonds is 14. The molecule has 126 valence electrons. The Morgan fingerprint density at radius 2 is 1.27 bits per heavy atom. The number of unbranched alkanes of at least 4 members (excludes halogenated alkanes) is 12. The molecule has 0 aromatic heterocycles. The van der Waals surface area contributed by atoms with Gasteiger partial charge in [-0.05, 0) is 18.9 Å². The fourth-order valence-electron chi connectivity index (χ4n) is 3.17. The molecule has 1 rings (SSSR count). The average molecular weight is 305 g/mol. The molecule has 0 saturated carbocycles. The minimum Gasteiger partial charge on any atom is -0.295 e. The molecule has 0 fully saturated rings. The van der Waals surface area contributed by atoms with Crippen molar-refractivity contribution < 1.29 is 4.79 Å². The molecule has 1 nitrogen and oxygen atoms in total. The van der Waals surface area contributed by atoms with Gasteiger partial charge in [-0.25, -0.2) is 0 Å². The van der Waals surface area contributed by atoms with Gasteiger partial charge in [-0.2, -0.15) is 0 Å². The number of hydrogen-bond acceptors (Lipinski definition) is 1. The molecule has 0 atom stereocenters. The monoisotopic (exact) mass is 304 g/mol. The third-order valence-corrected chi connectivity index (χ3v) is 4.62. The lowest BCUT2D eigenvalue weighted by Gasteiger charge is -2.08. The van der Waals surface area contributed by atoms with E-state index in [1.165, 1.54) is 89.0 Å². The van der Waals surface area contributed by atoms with Gasteiger partial charge in [0.05, 0.1) is 0 Å². The fraction of sp³-hybridized carbons (Fsp3) is 0.762. The Morgan fingerprint density at radius 3 is 1.77 bits per heavy atom. The van der Waals surface area contributed by atoms with Gasteiger partial charge in [-0.1, -0.05) is 102 Å². The first-order valence-electron chi connectivity index (χ1n) is 9.72. The van der Waals surface area contributed by atoms with E-state index in [2.05, 4.69) is 13.0 Å². The van der Waals surface area contributed by atoms with Crippen LogP contribution in [0, 0.1) is 0 Å². The first-order chi connectivity index (χ1) is 10.8. The fourth-order valence-corrected chi connectivity index (χ4v) is 3.17. The zero-order valence-electron chi connectivity index (χ0n) is 14.7. The highest BCUT2D eigenvalue weighted by atomic mass is 16.1. The summed E-state index contributed by atoms with van der Waals surface area (Å²) in [7, 11) is 0. The molecule has 1 heteroatoms. The van der Waals surface area contributed by atoms with Crippen LogP contribution in [0.15, 0.2) is 23.8 Å². The van der Waals surface area contributed by atoms with Crippen LogP contribution in [0.25, 0.3) is 0 Å². The van der Waals surface area contributed by atoms with Gasteiger partial charge in [0.1, 0.15) is 0 Å². The molecule has 0 spiro atoms. The predicted octanol–water partition coefficient (Wildman–Crippen LogP) is 6.92. The average Bonchev–Trinajstić information content (AvgIpc) is 2.52. The van der Waals surface area contributed by atoms with Crippen LogP contribution < -0.4 is 0 Å². The molecule has 1 aliphatic carbocycles. The Labute approximate surface area is 138 Å². The summed E-state index contributed by atoms with van der Waals surface area (Å²) < 4.78 is 0. The Balaban J connectivity index is 1.77. The summed E-state index contributed by atoms with van der Waals surface area (Å²) in [5.74, 6) is 0.271. The summed E-state index contributed by atoms with van der Waals surface area (Å²) in [6, 6.07) is 0. The molecule has 22 heavy (non-hydrogen) atoms. The van der Waals surface area contributed by atoms with Gasteiger partial charge in [0.2, 0.25) is 0 Å². The van der Waals surface area contributed by atoms with Gasteiger partial charge in [-0.15, -0.1) is 0 Å². The van der Waals surface area contributed by atoms with Gasteiger partial charge in [0.15, 0.2) is 5.78 Å². The highest BCUT2D eigenvalue weighted by Crippen LogP contribution is 2.18. The molecule has 0 bridgehead atoms. The van der Waals surface area contributed by atoms with Crippen LogP contribution in [-0.2, 0) is 4.79 Å². The van der Waals surface area contributed by atoms with E-state index >= 15 is 0 Å². The van der Waals surface area contributed by atoms with Crippen LogP contribution in [0.4, 0.5) is 0 Å². The molecule has 0 radical (unpaired) electrons. The lowest BCUT2D eigenvalue weighted by Crippen LogP contribution is -1.99. The van der Waals surface area contributed by atoms with Crippen molar-refractivity contribution in [2.24, 2.45) is 0 Å². The van der Waals surface area contributed by atoms with Crippen molar-refractivity contribution in [1.29, 1.82) is 0 Å². The van der Waals surface area contributed by atoms with Crippen molar-refractivity contribution in [3.8, 4) is 0 Å². The van der Waals surface area contributed by atoms with E-state index in [0.29, 0.717) is 6.42 Å². The van der Waals surface area contributed by atoms with Crippen LogP contribution >= 0.6 is 0 Å². The van der Waals surface area contributed by atoms with Crippen LogP contribution in [0.3, 0.4) is 0 Å². The number of carbonyl (C=O) groups excluding carboxylic acids is 1. The number of allylic oxidation sites excluding steroid dienone is 4. The molecule has 0 N–H and O–H groups in total. The maximum absolute atomic E-state index is 11.3. The first-order valence-corrected chi connectivity index (χ1v) is 9.72. The minimum atomic E-state index is 0.271. The first kappa shape index (κ1) is 19.2. The molecule has 1 aliphatic rings. The van der Waals surface area contributed by atoms with Gasteiger partial charge < -0.3 is 0 Å². The van der Waals surface area contributed by atoms with Crippen molar-refractivity contribution in [2.45, 2.75) is 103 Å². The molecule has 0 aromatic carbocycles. The number of ketones is 1. The molecular weight excluding hydrogens is 268 g/mol. The smallest absolute Gasteiger partial charge is 0.159 e. The van der Waals surface area contributed by atoms with Gasteiger partial charge in [0.25, 0.3) is 0 Å². The summed E-state index contributed by atoms with van der Waals surface area (Å²) in [6.07, 6.45) is 25.7. The van der Waals surface area contributed by atoms with E-state index in [9.17, 15) is 4.79 Å². The maximum atomic E-state index is 11.3. The molecule has 0 amide bonds. The lowest BCUT2D eigenvalue weighted by atomic mass is 9.97. The highest BCUT2D eigenvalue weighted by molar-refractivity contribution is 5.92. The Morgan fingerprint density at radius 1 is 0.773 bits per heavy atom. The van der Waals surface area contributed by atoms with Gasteiger partial charge in [0, 0.05) is 6.42 Å². The Hall–Kier alpha value is -0.850. The second-order valence-corrected chi connectivity index (χ2v) is 6.82. The van der Waals surface area contributed by atoms with E-state index in [1.54, 1.807) is 6.08 Å². The van der Waals surface area contributed by atoms with Crippen molar-refractivity contribution >= 4 is 5.78 Å². The zero-order valence-corrected chi connectivity index (χ0v) is 14.7. The SMILES string of the molecule is CCCCCCCCCCCCCCCC1=CC=CC(=O)C1. The van der Waals surface area contributed by atoms with Crippen molar-refractivity contribution in [1.82, 2.24) is 0 Å². The van der Waals surface area contributed by atoms with Crippen LogP contribution in [0.1, 0.15) is 103 Å². The van der Waals surface area contributed by atoms with E-state index in [-0.39, 0.29) is 5.78 Å². The summed E-state index contributed by atoms with van der Waals surface area (Å²) in [4.78, 5) is 11.3. The Bertz CT molecular complexity index is 338. The number of carbonyl (C=O) groups is 1. The molecule has 0 heterocycles. The topological polar surface area (TPSA) is 17.1 Å². The molecule has 0 unspecified atom stereocenters. The normalized spacial score (nSPS) is 14.4. The lowest BCUT2D eigenvalue weighted by molar-refractivity contribution is -0.114. The van der Waals surface area contributed by atoms with Gasteiger partial charge in [-0.3, -0.25) is 4.79 Å². The van der Waals surface area contributed by atoms with Crippen molar-refractivity contribution in [2.75, 3.05) is 0 Å². The minimum absolute atomic E-state index is 0.271. The van der Waals surface area contributed by atoms with Crippen molar-refractivity contribution in [3.05, 3.63) is 23.8 Å².